The third kappa shape index (κ3) is 4.68. The monoisotopic (exact) mass is 448 g/mol. The molecule has 2 aromatic carbocycles. The molecule has 1 atom stereocenters. The molecule has 8 nitrogen and oxygen atoms in total. The van der Waals surface area contributed by atoms with E-state index in [1.54, 1.807) is 12.1 Å². The minimum absolute atomic E-state index is 0.348. The van der Waals surface area contributed by atoms with E-state index in [1.165, 1.54) is 26.0 Å². The summed E-state index contributed by atoms with van der Waals surface area (Å²) in [6.07, 6.45) is 0. The number of rotatable bonds is 8. The van der Waals surface area contributed by atoms with Gasteiger partial charge in [0.15, 0.2) is 16.7 Å². The summed E-state index contributed by atoms with van der Waals surface area (Å²) in [7, 11) is 3.01. The first-order chi connectivity index (χ1) is 14.3. The smallest absolute Gasteiger partial charge is 0.220 e. The lowest BCUT2D eigenvalue weighted by Gasteiger charge is -2.17. The van der Waals surface area contributed by atoms with Gasteiger partial charge < -0.3 is 9.47 Å². The van der Waals surface area contributed by atoms with E-state index in [0.29, 0.717) is 33.1 Å². The molecule has 30 heavy (non-hydrogen) atoms. The molecule has 3 aromatic rings. The number of aromatic nitrogens is 3. The molecule has 0 fully saturated rings. The highest BCUT2D eigenvalue weighted by atomic mass is 35.5. The van der Waals surface area contributed by atoms with Gasteiger partial charge in [0.25, 0.3) is 0 Å². The highest BCUT2D eigenvalue weighted by Crippen LogP contribution is 2.43. The van der Waals surface area contributed by atoms with E-state index < -0.39 is 5.25 Å². The number of halogens is 1. The van der Waals surface area contributed by atoms with Gasteiger partial charge in [-0.3, -0.25) is 14.7 Å². The van der Waals surface area contributed by atoms with E-state index >= 15 is 0 Å². The third-order valence-corrected chi connectivity index (χ3v) is 5.96. The molecule has 10 heteroatoms. The molecule has 0 N–H and O–H groups in total. The maximum Gasteiger partial charge on any atom is 0.220 e. The van der Waals surface area contributed by atoms with Crippen molar-refractivity contribution in [2.45, 2.75) is 24.3 Å². The Balaban J connectivity index is 2.05. The van der Waals surface area contributed by atoms with Gasteiger partial charge in [-0.2, -0.15) is 0 Å². The summed E-state index contributed by atoms with van der Waals surface area (Å²) in [6, 6.07) is 11.2. The molecule has 0 aliphatic heterocycles. The standard InChI is InChI=1S/C20H21ClN4O4S/c1-12-6-5-7-14(8-12)25-13(2)22-23-20(25)30-19(11-24(26)27)15-9-17(28-3)18(29-4)10-16(15)21/h5-10,19H,11H2,1-4H3/t19-/m0/s1. The lowest BCUT2D eigenvalue weighted by Crippen LogP contribution is -2.12. The van der Waals surface area contributed by atoms with Crippen molar-refractivity contribution in [3.63, 3.8) is 0 Å². The molecule has 0 unspecified atom stereocenters. The van der Waals surface area contributed by atoms with Crippen molar-refractivity contribution in [1.29, 1.82) is 0 Å². The van der Waals surface area contributed by atoms with Crippen LogP contribution in [-0.2, 0) is 0 Å². The van der Waals surface area contributed by atoms with Crippen LogP contribution in [0.3, 0.4) is 0 Å². The molecule has 0 spiro atoms. The fraction of sp³-hybridized carbons (Fsp3) is 0.300. The minimum atomic E-state index is -0.612. The van der Waals surface area contributed by atoms with Gasteiger partial charge in [-0.1, -0.05) is 35.5 Å². The zero-order valence-corrected chi connectivity index (χ0v) is 18.5. The first-order valence-corrected chi connectivity index (χ1v) is 10.3. The third-order valence-electron chi connectivity index (χ3n) is 4.47. The van der Waals surface area contributed by atoms with E-state index in [1.807, 2.05) is 42.7 Å². The molecule has 0 saturated carbocycles. The normalized spacial score (nSPS) is 11.9. The molecule has 0 aliphatic carbocycles. The molecule has 1 aromatic heterocycles. The Bertz CT molecular complexity index is 1070. The predicted molar refractivity (Wildman–Crippen MR) is 116 cm³/mol. The Labute approximate surface area is 183 Å². The SMILES string of the molecule is COc1cc(Cl)c([C@H](C[N+](=O)[O-])Sc2nnc(C)n2-c2cccc(C)c2)cc1OC. The zero-order chi connectivity index (χ0) is 21.8. The molecular formula is C20H21ClN4O4S. The second-order valence-electron chi connectivity index (χ2n) is 6.55. The molecule has 1 heterocycles. The van der Waals surface area contributed by atoms with E-state index in [2.05, 4.69) is 10.2 Å². The van der Waals surface area contributed by atoms with Gasteiger partial charge in [0, 0.05) is 21.7 Å². The van der Waals surface area contributed by atoms with Crippen molar-refractivity contribution >= 4 is 23.4 Å². The first-order valence-electron chi connectivity index (χ1n) is 9.03. The molecule has 3 rings (SSSR count). The topological polar surface area (TPSA) is 92.3 Å². The van der Waals surface area contributed by atoms with E-state index in [9.17, 15) is 10.1 Å². The van der Waals surface area contributed by atoms with Crippen LogP contribution < -0.4 is 9.47 Å². The van der Waals surface area contributed by atoms with Gasteiger partial charge in [0.2, 0.25) is 6.54 Å². The number of aryl methyl sites for hydroxylation is 2. The van der Waals surface area contributed by atoms with Gasteiger partial charge in [0.05, 0.1) is 14.2 Å². The largest absolute Gasteiger partial charge is 0.493 e. The zero-order valence-electron chi connectivity index (χ0n) is 17.0. The average Bonchev–Trinajstić information content (AvgIpc) is 3.06. The van der Waals surface area contributed by atoms with Crippen molar-refractivity contribution in [2.75, 3.05) is 20.8 Å². The van der Waals surface area contributed by atoms with Gasteiger partial charge >= 0.3 is 0 Å². The lowest BCUT2D eigenvalue weighted by molar-refractivity contribution is -0.479. The number of benzene rings is 2. The van der Waals surface area contributed by atoms with Gasteiger partial charge in [-0.05, 0) is 43.2 Å². The predicted octanol–water partition coefficient (Wildman–Crippen LogP) is 4.66. The summed E-state index contributed by atoms with van der Waals surface area (Å²) in [5.41, 5.74) is 2.53. The van der Waals surface area contributed by atoms with Crippen LogP contribution in [0.2, 0.25) is 5.02 Å². The van der Waals surface area contributed by atoms with Crippen LogP contribution in [-0.4, -0.2) is 40.5 Å². The number of thioether (sulfide) groups is 1. The first kappa shape index (κ1) is 21.9. The second-order valence-corrected chi connectivity index (χ2v) is 8.13. The summed E-state index contributed by atoms with van der Waals surface area (Å²) in [6.45, 7) is 3.49. The van der Waals surface area contributed by atoms with Gasteiger partial charge in [-0.25, -0.2) is 0 Å². The Morgan fingerprint density at radius 1 is 1.17 bits per heavy atom. The quantitative estimate of drug-likeness (QED) is 0.281. The van der Waals surface area contributed by atoms with Crippen molar-refractivity contribution in [1.82, 2.24) is 14.8 Å². The number of methoxy groups -OCH3 is 2. The van der Waals surface area contributed by atoms with Crippen molar-refractivity contribution in [3.8, 4) is 17.2 Å². The van der Waals surface area contributed by atoms with Crippen LogP contribution in [0.4, 0.5) is 0 Å². The Kier molecular flexibility index (Phi) is 6.84. The molecule has 0 aliphatic rings. The summed E-state index contributed by atoms with van der Waals surface area (Å²) >= 11 is 7.68. The fourth-order valence-corrected chi connectivity index (χ4v) is 4.62. The second kappa shape index (κ2) is 9.36. The van der Waals surface area contributed by atoms with Gasteiger partial charge in [-0.15, -0.1) is 10.2 Å². The summed E-state index contributed by atoms with van der Waals surface area (Å²) < 4.78 is 12.5. The van der Waals surface area contributed by atoms with Crippen molar-refractivity contribution in [2.24, 2.45) is 0 Å². The lowest BCUT2D eigenvalue weighted by atomic mass is 10.1. The average molecular weight is 449 g/mol. The van der Waals surface area contributed by atoms with Crippen LogP contribution in [0.5, 0.6) is 11.5 Å². The summed E-state index contributed by atoms with van der Waals surface area (Å²) in [4.78, 5) is 11.0. The molecule has 0 bridgehead atoms. The van der Waals surface area contributed by atoms with Crippen molar-refractivity contribution in [3.05, 3.63) is 68.5 Å². The number of hydrogen-bond acceptors (Lipinski definition) is 7. The summed E-state index contributed by atoms with van der Waals surface area (Å²) in [5, 5.41) is 20.1. The maximum absolute atomic E-state index is 11.4. The maximum atomic E-state index is 11.4. The van der Waals surface area contributed by atoms with Gasteiger partial charge in [0.1, 0.15) is 11.1 Å². The van der Waals surface area contributed by atoms with Crippen LogP contribution in [0.1, 0.15) is 22.2 Å². The minimum Gasteiger partial charge on any atom is -0.493 e. The Morgan fingerprint density at radius 2 is 1.87 bits per heavy atom. The molecular weight excluding hydrogens is 428 g/mol. The highest BCUT2D eigenvalue weighted by Gasteiger charge is 2.27. The molecule has 158 valence electrons. The molecule has 0 saturated heterocycles. The van der Waals surface area contributed by atoms with Crippen LogP contribution in [0.25, 0.3) is 5.69 Å². The van der Waals surface area contributed by atoms with Crippen LogP contribution in [0.15, 0.2) is 41.6 Å². The Morgan fingerprint density at radius 3 is 2.50 bits per heavy atom. The summed E-state index contributed by atoms with van der Waals surface area (Å²) in [5.74, 6) is 1.58. The molecule has 0 radical (unpaired) electrons. The van der Waals surface area contributed by atoms with E-state index in [-0.39, 0.29) is 11.5 Å². The Hall–Kier alpha value is -2.78. The van der Waals surface area contributed by atoms with Crippen LogP contribution >= 0.6 is 23.4 Å². The number of nitrogens with zero attached hydrogens (tertiary/aromatic N) is 4. The number of hydrogen-bond donors (Lipinski definition) is 0. The van der Waals surface area contributed by atoms with E-state index in [4.69, 9.17) is 21.1 Å². The number of nitro groups is 1. The fourth-order valence-electron chi connectivity index (χ4n) is 3.06. The number of ether oxygens (including phenoxy) is 2. The van der Waals surface area contributed by atoms with E-state index in [0.717, 1.165) is 11.3 Å². The highest BCUT2D eigenvalue weighted by molar-refractivity contribution is 7.99. The van der Waals surface area contributed by atoms with Crippen LogP contribution in [0, 0.1) is 24.0 Å². The van der Waals surface area contributed by atoms with Crippen molar-refractivity contribution < 1.29 is 14.4 Å². The molecule has 0 amide bonds.